The van der Waals surface area contributed by atoms with E-state index in [4.69, 9.17) is 0 Å². The maximum absolute atomic E-state index is 13.2. The number of pyridine rings is 1. The normalized spacial score (nSPS) is 10.2. The zero-order chi connectivity index (χ0) is 13.7. The monoisotopic (exact) mass is 264 g/mol. The fraction of sp³-hybridized carbons (Fsp3) is 0.273. The minimum Gasteiger partial charge on any atom is -0.370 e. The van der Waals surface area contributed by atoms with Gasteiger partial charge in [0.25, 0.3) is 5.91 Å². The highest BCUT2D eigenvalue weighted by molar-refractivity contribution is 5.98. The molecule has 0 unspecified atom stereocenters. The van der Waals surface area contributed by atoms with E-state index in [-0.39, 0.29) is 12.1 Å². The van der Waals surface area contributed by atoms with Crippen molar-refractivity contribution in [3.05, 3.63) is 35.8 Å². The second kappa shape index (κ2) is 5.89. The van der Waals surface area contributed by atoms with Crippen LogP contribution in [0.5, 0.6) is 0 Å². The molecule has 100 valence electrons. The summed E-state index contributed by atoms with van der Waals surface area (Å²) < 4.78 is 13.2. The molecule has 0 aromatic carbocycles. The van der Waals surface area contributed by atoms with Crippen LogP contribution in [0.25, 0.3) is 0 Å². The fourth-order valence-electron chi connectivity index (χ4n) is 1.50. The van der Waals surface area contributed by atoms with Gasteiger partial charge in [-0.1, -0.05) is 0 Å². The number of amides is 1. The van der Waals surface area contributed by atoms with Gasteiger partial charge >= 0.3 is 0 Å². The van der Waals surface area contributed by atoms with Gasteiger partial charge in [0.15, 0.2) is 0 Å². The highest BCUT2D eigenvalue weighted by atomic mass is 19.1. The van der Waals surface area contributed by atoms with Crippen LogP contribution in [0.1, 0.15) is 23.1 Å². The molecule has 0 fully saturated rings. The number of anilines is 1. The molecule has 0 saturated heterocycles. The lowest BCUT2D eigenvalue weighted by Gasteiger charge is -2.09. The molecule has 2 heterocycles. The number of nitrogens with one attached hydrogen (secondary N) is 3. The van der Waals surface area contributed by atoms with E-state index in [1.54, 1.807) is 0 Å². The van der Waals surface area contributed by atoms with Gasteiger partial charge in [-0.25, -0.2) is 14.4 Å². The molecule has 0 radical (unpaired) electrons. The maximum Gasteiger partial charge on any atom is 0.255 e. The van der Waals surface area contributed by atoms with Gasteiger partial charge in [-0.05, 0) is 13.0 Å². The standard InChI is InChI=1S/C11H13FN6O/c1-2-13-10-8(3-7(12)4-14-10)11(19)15-5-9-16-6-17-18-9/h3-4,6H,2,5H2,1H3,(H,13,14)(H,15,19)(H,16,17,18). The summed E-state index contributed by atoms with van der Waals surface area (Å²) in [6, 6.07) is 1.14. The van der Waals surface area contributed by atoms with Gasteiger partial charge < -0.3 is 10.6 Å². The Morgan fingerprint density at radius 1 is 1.47 bits per heavy atom. The van der Waals surface area contributed by atoms with E-state index in [9.17, 15) is 9.18 Å². The van der Waals surface area contributed by atoms with E-state index in [2.05, 4.69) is 30.8 Å². The van der Waals surface area contributed by atoms with Crippen molar-refractivity contribution in [1.29, 1.82) is 0 Å². The molecule has 0 aliphatic heterocycles. The van der Waals surface area contributed by atoms with Crippen LogP contribution in [0.15, 0.2) is 18.6 Å². The van der Waals surface area contributed by atoms with Gasteiger partial charge in [-0.3, -0.25) is 9.89 Å². The van der Waals surface area contributed by atoms with Gasteiger partial charge in [0.2, 0.25) is 0 Å². The summed E-state index contributed by atoms with van der Waals surface area (Å²) in [6.07, 6.45) is 2.40. The number of aromatic amines is 1. The number of H-pyrrole nitrogens is 1. The van der Waals surface area contributed by atoms with Crippen molar-refractivity contribution < 1.29 is 9.18 Å². The van der Waals surface area contributed by atoms with Gasteiger partial charge in [0.1, 0.15) is 23.8 Å². The quantitative estimate of drug-likeness (QED) is 0.738. The predicted octanol–water partition coefficient (Wildman–Crippen LogP) is 0.701. The zero-order valence-corrected chi connectivity index (χ0v) is 10.3. The van der Waals surface area contributed by atoms with Crippen LogP contribution in [0.4, 0.5) is 10.2 Å². The lowest BCUT2D eigenvalue weighted by Crippen LogP contribution is -2.25. The molecule has 2 aromatic rings. The molecule has 2 rings (SSSR count). The Hall–Kier alpha value is -2.51. The fourth-order valence-corrected chi connectivity index (χ4v) is 1.50. The minimum absolute atomic E-state index is 0.154. The summed E-state index contributed by atoms with van der Waals surface area (Å²) in [6.45, 7) is 2.63. The van der Waals surface area contributed by atoms with Gasteiger partial charge in [0.05, 0.1) is 18.3 Å². The number of rotatable bonds is 5. The average molecular weight is 264 g/mol. The first kappa shape index (κ1) is 12.9. The third kappa shape index (κ3) is 3.24. The number of halogens is 1. The molecule has 0 aliphatic carbocycles. The summed E-state index contributed by atoms with van der Waals surface area (Å²) in [7, 11) is 0. The van der Waals surface area contributed by atoms with Crippen molar-refractivity contribution in [3.63, 3.8) is 0 Å². The van der Waals surface area contributed by atoms with Crippen molar-refractivity contribution in [3.8, 4) is 0 Å². The summed E-state index contributed by atoms with van der Waals surface area (Å²) in [4.78, 5) is 19.7. The van der Waals surface area contributed by atoms with E-state index in [0.29, 0.717) is 18.2 Å². The molecule has 19 heavy (non-hydrogen) atoms. The lowest BCUT2D eigenvalue weighted by molar-refractivity contribution is 0.0950. The van der Waals surface area contributed by atoms with Crippen LogP contribution in [0.3, 0.4) is 0 Å². The van der Waals surface area contributed by atoms with E-state index in [1.807, 2.05) is 6.92 Å². The molecule has 0 aliphatic rings. The Balaban J connectivity index is 2.11. The lowest BCUT2D eigenvalue weighted by atomic mass is 10.2. The molecular formula is C11H13FN6O. The molecule has 0 saturated carbocycles. The number of nitrogens with zero attached hydrogens (tertiary/aromatic N) is 3. The third-order valence-corrected chi connectivity index (χ3v) is 2.32. The molecule has 2 aromatic heterocycles. The molecule has 0 atom stereocenters. The summed E-state index contributed by atoms with van der Waals surface area (Å²) >= 11 is 0. The molecule has 1 amide bonds. The minimum atomic E-state index is -0.563. The Bertz CT molecular complexity index is 556. The first-order valence-electron chi connectivity index (χ1n) is 5.72. The van der Waals surface area contributed by atoms with Crippen molar-refractivity contribution >= 4 is 11.7 Å². The van der Waals surface area contributed by atoms with Crippen LogP contribution in [-0.2, 0) is 6.54 Å². The van der Waals surface area contributed by atoms with E-state index in [0.717, 1.165) is 12.3 Å². The Labute approximate surface area is 108 Å². The van der Waals surface area contributed by atoms with Crippen LogP contribution in [-0.4, -0.2) is 32.6 Å². The van der Waals surface area contributed by atoms with Gasteiger partial charge in [0, 0.05) is 6.54 Å². The number of carbonyl (C=O) groups excluding carboxylic acids is 1. The Kier molecular flexibility index (Phi) is 4.01. The molecule has 3 N–H and O–H groups in total. The van der Waals surface area contributed by atoms with Crippen molar-refractivity contribution in [2.45, 2.75) is 13.5 Å². The average Bonchev–Trinajstić information content (AvgIpc) is 2.91. The van der Waals surface area contributed by atoms with Crippen LogP contribution in [0, 0.1) is 5.82 Å². The number of aromatic nitrogens is 4. The molecular weight excluding hydrogens is 251 g/mol. The molecule has 0 bridgehead atoms. The molecule has 8 heteroatoms. The van der Waals surface area contributed by atoms with Crippen LogP contribution in [0.2, 0.25) is 0 Å². The second-order valence-corrected chi connectivity index (χ2v) is 3.69. The third-order valence-electron chi connectivity index (χ3n) is 2.32. The Morgan fingerprint density at radius 2 is 2.32 bits per heavy atom. The maximum atomic E-state index is 13.2. The highest BCUT2D eigenvalue weighted by Gasteiger charge is 2.13. The first-order chi connectivity index (χ1) is 9.20. The second-order valence-electron chi connectivity index (χ2n) is 3.69. The SMILES string of the molecule is CCNc1ncc(F)cc1C(=O)NCc1ncn[nH]1. The van der Waals surface area contributed by atoms with Crippen LogP contribution < -0.4 is 10.6 Å². The number of hydrogen-bond acceptors (Lipinski definition) is 5. The summed E-state index contributed by atoms with van der Waals surface area (Å²) in [5, 5.41) is 11.8. The van der Waals surface area contributed by atoms with Gasteiger partial charge in [-0.15, -0.1) is 0 Å². The Morgan fingerprint density at radius 3 is 3.00 bits per heavy atom. The van der Waals surface area contributed by atoms with E-state index in [1.165, 1.54) is 6.33 Å². The van der Waals surface area contributed by atoms with Crippen molar-refractivity contribution in [2.24, 2.45) is 0 Å². The largest absolute Gasteiger partial charge is 0.370 e. The van der Waals surface area contributed by atoms with Gasteiger partial charge in [-0.2, -0.15) is 5.10 Å². The summed E-state index contributed by atoms with van der Waals surface area (Å²) in [5.74, 6) is -0.132. The van der Waals surface area contributed by atoms with E-state index >= 15 is 0 Å². The topological polar surface area (TPSA) is 95.6 Å². The highest BCUT2D eigenvalue weighted by Crippen LogP contribution is 2.13. The number of hydrogen-bond donors (Lipinski definition) is 3. The number of carbonyl (C=O) groups is 1. The van der Waals surface area contributed by atoms with E-state index < -0.39 is 11.7 Å². The van der Waals surface area contributed by atoms with Crippen LogP contribution >= 0.6 is 0 Å². The predicted molar refractivity (Wildman–Crippen MR) is 65.9 cm³/mol. The van der Waals surface area contributed by atoms with Crippen molar-refractivity contribution in [1.82, 2.24) is 25.5 Å². The zero-order valence-electron chi connectivity index (χ0n) is 10.3. The molecule has 0 spiro atoms. The smallest absolute Gasteiger partial charge is 0.255 e. The first-order valence-corrected chi connectivity index (χ1v) is 5.72. The summed E-state index contributed by atoms with van der Waals surface area (Å²) in [5.41, 5.74) is 0.154. The van der Waals surface area contributed by atoms with Crippen molar-refractivity contribution in [2.75, 3.05) is 11.9 Å². The molecule has 7 nitrogen and oxygen atoms in total.